The summed E-state index contributed by atoms with van der Waals surface area (Å²) in [4.78, 5) is 33.3. The molecule has 7 nitrogen and oxygen atoms in total. The van der Waals surface area contributed by atoms with Crippen LogP contribution in [0.25, 0.3) is 0 Å². The summed E-state index contributed by atoms with van der Waals surface area (Å²) >= 11 is 1.34. The average Bonchev–Trinajstić information content (AvgIpc) is 3.24. The van der Waals surface area contributed by atoms with Gasteiger partial charge >= 0.3 is 0 Å². The molecule has 8 heteroatoms. The van der Waals surface area contributed by atoms with E-state index in [0.717, 1.165) is 12.8 Å². The normalized spacial score (nSPS) is 29.0. The number of nitrogens with zero attached hydrogens (tertiary/aromatic N) is 3. The second-order valence-electron chi connectivity index (χ2n) is 6.14. The molecule has 124 valence electrons. The van der Waals surface area contributed by atoms with Gasteiger partial charge in [-0.2, -0.15) is 0 Å². The maximum absolute atomic E-state index is 12.5. The summed E-state index contributed by atoms with van der Waals surface area (Å²) in [6.45, 7) is 2.56. The van der Waals surface area contributed by atoms with Gasteiger partial charge in [0.1, 0.15) is 11.5 Å². The fourth-order valence-corrected chi connectivity index (χ4v) is 4.29. The summed E-state index contributed by atoms with van der Waals surface area (Å²) in [5, 5.41) is 0. The Kier molecular flexibility index (Phi) is 4.04. The molecular weight excluding hydrogens is 318 g/mol. The molecule has 3 aliphatic heterocycles. The van der Waals surface area contributed by atoms with E-state index in [1.807, 2.05) is 4.90 Å². The first-order valence-electron chi connectivity index (χ1n) is 7.92. The molecule has 23 heavy (non-hydrogen) atoms. The lowest BCUT2D eigenvalue weighted by atomic mass is 10.0. The van der Waals surface area contributed by atoms with Crippen LogP contribution in [0, 0.1) is 0 Å². The maximum Gasteiger partial charge on any atom is 0.265 e. The predicted molar refractivity (Wildman–Crippen MR) is 82.2 cm³/mol. The van der Waals surface area contributed by atoms with E-state index >= 15 is 0 Å². The zero-order chi connectivity index (χ0) is 15.8. The van der Waals surface area contributed by atoms with Crippen LogP contribution < -0.4 is 0 Å². The lowest BCUT2D eigenvalue weighted by Crippen LogP contribution is -2.58. The van der Waals surface area contributed by atoms with E-state index < -0.39 is 0 Å². The van der Waals surface area contributed by atoms with Crippen LogP contribution in [0.1, 0.15) is 22.5 Å². The molecular formula is C15H19N3O4S. The molecule has 3 aliphatic rings. The molecule has 4 heterocycles. The maximum atomic E-state index is 12.5. The van der Waals surface area contributed by atoms with Crippen LogP contribution in [0.3, 0.4) is 0 Å². The monoisotopic (exact) mass is 337 g/mol. The van der Waals surface area contributed by atoms with Gasteiger partial charge in [-0.1, -0.05) is 0 Å². The minimum atomic E-state index is -0.0904. The Bertz CT molecular complexity index is 588. The fourth-order valence-electron chi connectivity index (χ4n) is 3.71. The van der Waals surface area contributed by atoms with E-state index in [-0.39, 0.29) is 36.6 Å². The van der Waals surface area contributed by atoms with Crippen molar-refractivity contribution in [2.24, 2.45) is 0 Å². The molecule has 1 aromatic heterocycles. The molecule has 3 fully saturated rings. The van der Waals surface area contributed by atoms with Crippen LogP contribution in [0.2, 0.25) is 0 Å². The highest BCUT2D eigenvalue weighted by molar-refractivity contribution is 7.11. The predicted octanol–water partition coefficient (Wildman–Crippen LogP) is 0.374. The first-order chi connectivity index (χ1) is 11.2. The summed E-state index contributed by atoms with van der Waals surface area (Å²) in [6, 6.07) is 0.155. The number of hydrogen-bond donors (Lipinski definition) is 0. The van der Waals surface area contributed by atoms with Crippen molar-refractivity contribution in [3.05, 3.63) is 16.6 Å². The molecule has 0 aliphatic carbocycles. The first kappa shape index (κ1) is 15.0. The van der Waals surface area contributed by atoms with Crippen LogP contribution in [-0.4, -0.2) is 77.7 Å². The van der Waals surface area contributed by atoms with E-state index in [0.29, 0.717) is 31.2 Å². The van der Waals surface area contributed by atoms with E-state index in [4.69, 9.17) is 9.47 Å². The van der Waals surface area contributed by atoms with Crippen LogP contribution in [-0.2, 0) is 14.3 Å². The third-order valence-corrected chi connectivity index (χ3v) is 5.58. The third kappa shape index (κ3) is 2.75. The molecule has 4 rings (SSSR count). The number of fused-ring (bicyclic) bond motifs is 1. The Hall–Kier alpha value is -1.51. The molecule has 0 bridgehead atoms. The van der Waals surface area contributed by atoms with Crippen LogP contribution in [0.5, 0.6) is 0 Å². The highest BCUT2D eigenvalue weighted by atomic mass is 32.1. The van der Waals surface area contributed by atoms with Crippen LogP contribution in [0.15, 0.2) is 11.7 Å². The summed E-state index contributed by atoms with van der Waals surface area (Å²) in [6.07, 6.45) is 3.22. The molecule has 3 saturated heterocycles. The van der Waals surface area contributed by atoms with Crippen molar-refractivity contribution >= 4 is 23.2 Å². The summed E-state index contributed by atoms with van der Waals surface area (Å²) in [5.74, 6) is 0.00937. The Morgan fingerprint density at radius 3 is 2.87 bits per heavy atom. The topological polar surface area (TPSA) is 72.0 Å². The minimum absolute atomic E-state index is 0.0233. The van der Waals surface area contributed by atoms with Gasteiger partial charge in [0.05, 0.1) is 23.9 Å². The number of carbonyl (C=O) groups excluding carboxylic acids is 2. The van der Waals surface area contributed by atoms with Gasteiger partial charge in [-0.15, -0.1) is 11.3 Å². The van der Waals surface area contributed by atoms with Crippen molar-refractivity contribution < 1.29 is 19.1 Å². The summed E-state index contributed by atoms with van der Waals surface area (Å²) in [5.41, 5.74) is 1.66. The SMILES string of the molecule is O=C(c1cncs1)N1C[C@@H]2OCC(=O)N(C3CCOCC3)[C@H]2C1. The first-order valence-corrected chi connectivity index (χ1v) is 8.80. The number of hydrogen-bond acceptors (Lipinski definition) is 6. The van der Waals surface area contributed by atoms with Gasteiger partial charge in [-0.05, 0) is 12.8 Å². The van der Waals surface area contributed by atoms with Crippen LogP contribution >= 0.6 is 11.3 Å². The van der Waals surface area contributed by atoms with Gasteiger partial charge in [0.25, 0.3) is 5.91 Å². The molecule has 0 aromatic carbocycles. The molecule has 0 spiro atoms. The van der Waals surface area contributed by atoms with Gasteiger partial charge in [0.15, 0.2) is 0 Å². The number of amides is 2. The average molecular weight is 337 g/mol. The molecule has 2 atom stereocenters. The third-order valence-electron chi connectivity index (χ3n) is 4.82. The summed E-state index contributed by atoms with van der Waals surface area (Å²) in [7, 11) is 0. The van der Waals surface area contributed by atoms with Crippen molar-refractivity contribution in [1.29, 1.82) is 0 Å². The smallest absolute Gasteiger partial charge is 0.265 e. The number of thiazole rings is 1. The van der Waals surface area contributed by atoms with Crippen molar-refractivity contribution in [3.63, 3.8) is 0 Å². The molecule has 0 unspecified atom stereocenters. The second-order valence-corrected chi connectivity index (χ2v) is 7.02. The van der Waals surface area contributed by atoms with E-state index in [9.17, 15) is 9.59 Å². The molecule has 0 radical (unpaired) electrons. The Balaban J connectivity index is 1.52. The van der Waals surface area contributed by atoms with Gasteiger partial charge < -0.3 is 19.3 Å². The number of likely N-dealkylation sites (tertiary alicyclic amines) is 1. The lowest BCUT2D eigenvalue weighted by Gasteiger charge is -2.43. The zero-order valence-corrected chi connectivity index (χ0v) is 13.5. The van der Waals surface area contributed by atoms with Crippen molar-refractivity contribution in [2.75, 3.05) is 32.9 Å². The molecule has 1 aromatic rings. The van der Waals surface area contributed by atoms with Crippen LogP contribution in [0.4, 0.5) is 0 Å². The van der Waals surface area contributed by atoms with Crippen molar-refractivity contribution in [1.82, 2.24) is 14.8 Å². The highest BCUT2D eigenvalue weighted by Crippen LogP contribution is 2.29. The summed E-state index contributed by atoms with van der Waals surface area (Å²) < 4.78 is 11.1. The number of rotatable bonds is 2. The standard InChI is InChI=1S/C15H19N3O4S/c19-14-8-22-12-7-17(15(20)13-5-16-9-23-13)6-11(12)18(14)10-1-3-21-4-2-10/h5,9-12H,1-4,6-8H2/t11-,12-/m0/s1. The number of carbonyl (C=O) groups is 2. The van der Waals surface area contributed by atoms with Gasteiger partial charge in [0, 0.05) is 32.3 Å². The molecule has 0 N–H and O–H groups in total. The quantitative estimate of drug-likeness (QED) is 0.780. The lowest BCUT2D eigenvalue weighted by molar-refractivity contribution is -0.159. The Morgan fingerprint density at radius 1 is 1.30 bits per heavy atom. The van der Waals surface area contributed by atoms with Crippen molar-refractivity contribution in [2.45, 2.75) is 31.0 Å². The largest absolute Gasteiger partial charge is 0.381 e. The number of ether oxygens (including phenoxy) is 2. The van der Waals surface area contributed by atoms with E-state index in [1.54, 1.807) is 16.6 Å². The van der Waals surface area contributed by atoms with Gasteiger partial charge in [-0.3, -0.25) is 14.6 Å². The number of morpholine rings is 1. The van der Waals surface area contributed by atoms with Gasteiger partial charge in [0.2, 0.25) is 5.91 Å². The Labute approximate surface area is 138 Å². The fraction of sp³-hybridized carbons (Fsp3) is 0.667. The molecule has 0 saturated carbocycles. The molecule has 2 amide bonds. The Morgan fingerprint density at radius 2 is 2.13 bits per heavy atom. The highest BCUT2D eigenvalue weighted by Gasteiger charge is 2.47. The second kappa shape index (κ2) is 6.18. The van der Waals surface area contributed by atoms with E-state index in [1.165, 1.54) is 11.3 Å². The number of aromatic nitrogens is 1. The zero-order valence-electron chi connectivity index (χ0n) is 12.7. The minimum Gasteiger partial charge on any atom is -0.381 e. The van der Waals surface area contributed by atoms with Crippen molar-refractivity contribution in [3.8, 4) is 0 Å². The van der Waals surface area contributed by atoms with E-state index in [2.05, 4.69) is 4.98 Å². The van der Waals surface area contributed by atoms with Gasteiger partial charge in [-0.25, -0.2) is 0 Å².